The first-order chi connectivity index (χ1) is 9.33. The Balaban J connectivity index is 2.81. The van der Waals surface area contributed by atoms with Gasteiger partial charge in [0.2, 0.25) is 0 Å². The van der Waals surface area contributed by atoms with E-state index in [1.165, 1.54) is 12.8 Å². The van der Waals surface area contributed by atoms with Crippen molar-refractivity contribution in [1.82, 2.24) is 5.32 Å². The standard InChI is InChI=1S/C18H30FN/c1-6-9-14(2)12-15(13-20-18(3,4)5)16-10-7-8-11-17(16)19/h7-8,10-11,14-15,20H,6,9,12-13H2,1-5H3. The van der Waals surface area contributed by atoms with Crippen LogP contribution in [0.15, 0.2) is 24.3 Å². The van der Waals surface area contributed by atoms with Gasteiger partial charge in [0.25, 0.3) is 0 Å². The van der Waals surface area contributed by atoms with Crippen LogP contribution in [0, 0.1) is 11.7 Å². The largest absolute Gasteiger partial charge is 0.311 e. The minimum atomic E-state index is -0.0723. The Kier molecular flexibility index (Phi) is 6.67. The zero-order valence-electron chi connectivity index (χ0n) is 13.7. The summed E-state index contributed by atoms with van der Waals surface area (Å²) >= 11 is 0. The van der Waals surface area contributed by atoms with Gasteiger partial charge in [-0.25, -0.2) is 4.39 Å². The molecule has 114 valence electrons. The average molecular weight is 279 g/mol. The molecule has 1 rings (SSSR count). The van der Waals surface area contributed by atoms with E-state index in [0.29, 0.717) is 5.92 Å². The van der Waals surface area contributed by atoms with Crippen LogP contribution in [-0.2, 0) is 0 Å². The van der Waals surface area contributed by atoms with Gasteiger partial charge in [0.1, 0.15) is 5.82 Å². The summed E-state index contributed by atoms with van der Waals surface area (Å²) in [6.45, 7) is 11.8. The molecule has 0 aliphatic rings. The Morgan fingerprint density at radius 3 is 2.40 bits per heavy atom. The van der Waals surface area contributed by atoms with E-state index in [1.54, 1.807) is 12.1 Å². The first-order valence-corrected chi connectivity index (χ1v) is 7.83. The first kappa shape index (κ1) is 17.2. The molecular formula is C18H30FN. The van der Waals surface area contributed by atoms with Gasteiger partial charge in [0, 0.05) is 12.1 Å². The van der Waals surface area contributed by atoms with Crippen LogP contribution in [0.2, 0.25) is 0 Å². The normalized spacial score (nSPS) is 15.1. The van der Waals surface area contributed by atoms with Crippen molar-refractivity contribution in [2.75, 3.05) is 6.54 Å². The van der Waals surface area contributed by atoms with E-state index in [9.17, 15) is 4.39 Å². The number of halogens is 1. The van der Waals surface area contributed by atoms with Gasteiger partial charge >= 0.3 is 0 Å². The van der Waals surface area contributed by atoms with E-state index in [0.717, 1.165) is 18.5 Å². The molecule has 20 heavy (non-hydrogen) atoms. The van der Waals surface area contributed by atoms with Crippen LogP contribution >= 0.6 is 0 Å². The summed E-state index contributed by atoms with van der Waals surface area (Å²) in [6, 6.07) is 7.21. The Morgan fingerprint density at radius 2 is 1.85 bits per heavy atom. The molecule has 0 heterocycles. The molecule has 0 aliphatic carbocycles. The van der Waals surface area contributed by atoms with Crippen molar-refractivity contribution in [3.63, 3.8) is 0 Å². The predicted octanol–water partition coefficient (Wildman–Crippen LogP) is 5.12. The van der Waals surface area contributed by atoms with Crippen LogP contribution in [-0.4, -0.2) is 12.1 Å². The maximum atomic E-state index is 14.1. The van der Waals surface area contributed by atoms with Gasteiger partial charge in [-0.3, -0.25) is 0 Å². The molecule has 0 spiro atoms. The van der Waals surface area contributed by atoms with E-state index in [2.05, 4.69) is 39.9 Å². The Hall–Kier alpha value is -0.890. The van der Waals surface area contributed by atoms with Crippen molar-refractivity contribution in [2.24, 2.45) is 5.92 Å². The molecule has 0 aromatic heterocycles. The highest BCUT2D eigenvalue weighted by atomic mass is 19.1. The fourth-order valence-corrected chi connectivity index (χ4v) is 2.65. The van der Waals surface area contributed by atoms with E-state index < -0.39 is 0 Å². The topological polar surface area (TPSA) is 12.0 Å². The van der Waals surface area contributed by atoms with Crippen molar-refractivity contribution in [3.05, 3.63) is 35.6 Å². The molecule has 0 saturated heterocycles. The minimum Gasteiger partial charge on any atom is -0.311 e. The summed E-state index contributed by atoms with van der Waals surface area (Å²) in [7, 11) is 0. The summed E-state index contributed by atoms with van der Waals surface area (Å²) in [5.41, 5.74) is 0.921. The highest BCUT2D eigenvalue weighted by Gasteiger charge is 2.20. The van der Waals surface area contributed by atoms with Gasteiger partial charge in [-0.15, -0.1) is 0 Å². The first-order valence-electron chi connectivity index (χ1n) is 7.83. The maximum absolute atomic E-state index is 14.1. The molecule has 1 aromatic carbocycles. The smallest absolute Gasteiger partial charge is 0.126 e. The van der Waals surface area contributed by atoms with Gasteiger partial charge in [0.15, 0.2) is 0 Å². The van der Waals surface area contributed by atoms with Gasteiger partial charge in [-0.1, -0.05) is 44.9 Å². The molecule has 0 fully saturated rings. The molecule has 0 aliphatic heterocycles. The number of nitrogens with one attached hydrogen (secondary N) is 1. The lowest BCUT2D eigenvalue weighted by Crippen LogP contribution is -2.39. The molecular weight excluding hydrogens is 249 g/mol. The number of hydrogen-bond donors (Lipinski definition) is 1. The van der Waals surface area contributed by atoms with Gasteiger partial charge in [-0.2, -0.15) is 0 Å². The lowest BCUT2D eigenvalue weighted by molar-refractivity contribution is 0.361. The molecule has 1 aromatic rings. The number of hydrogen-bond acceptors (Lipinski definition) is 1. The van der Waals surface area contributed by atoms with Crippen molar-refractivity contribution in [3.8, 4) is 0 Å². The second-order valence-corrected chi connectivity index (χ2v) is 6.98. The third-order valence-electron chi connectivity index (χ3n) is 3.69. The Morgan fingerprint density at radius 1 is 1.20 bits per heavy atom. The molecule has 0 radical (unpaired) electrons. The van der Waals surface area contributed by atoms with Crippen LogP contribution in [0.25, 0.3) is 0 Å². The van der Waals surface area contributed by atoms with Crippen molar-refractivity contribution < 1.29 is 4.39 Å². The molecule has 1 nitrogen and oxygen atoms in total. The van der Waals surface area contributed by atoms with Crippen LogP contribution in [0.5, 0.6) is 0 Å². The molecule has 2 unspecified atom stereocenters. The molecule has 2 heteroatoms. The molecule has 2 atom stereocenters. The molecule has 0 amide bonds. The summed E-state index contributed by atoms with van der Waals surface area (Å²) in [5.74, 6) is 0.806. The lowest BCUT2D eigenvalue weighted by Gasteiger charge is -2.27. The third-order valence-corrected chi connectivity index (χ3v) is 3.69. The summed E-state index contributed by atoms with van der Waals surface area (Å²) in [5, 5.41) is 3.53. The van der Waals surface area contributed by atoms with Gasteiger partial charge in [-0.05, 0) is 50.7 Å². The SMILES string of the molecule is CCCC(C)CC(CNC(C)(C)C)c1ccccc1F. The van der Waals surface area contributed by atoms with Crippen LogP contribution in [0.3, 0.4) is 0 Å². The summed E-state index contributed by atoms with van der Waals surface area (Å²) in [4.78, 5) is 0. The minimum absolute atomic E-state index is 0.0670. The number of benzene rings is 1. The Bertz CT molecular complexity index is 395. The quantitative estimate of drug-likeness (QED) is 0.730. The van der Waals surface area contributed by atoms with Crippen molar-refractivity contribution in [1.29, 1.82) is 0 Å². The molecule has 0 saturated carbocycles. The van der Waals surface area contributed by atoms with Crippen molar-refractivity contribution >= 4 is 0 Å². The van der Waals surface area contributed by atoms with Crippen LogP contribution in [0.1, 0.15) is 65.4 Å². The van der Waals surface area contributed by atoms with Crippen LogP contribution < -0.4 is 5.32 Å². The lowest BCUT2D eigenvalue weighted by atomic mass is 9.86. The maximum Gasteiger partial charge on any atom is 0.126 e. The molecule has 0 bridgehead atoms. The monoisotopic (exact) mass is 279 g/mol. The average Bonchev–Trinajstić information content (AvgIpc) is 2.34. The fraction of sp³-hybridized carbons (Fsp3) is 0.667. The van der Waals surface area contributed by atoms with E-state index in [4.69, 9.17) is 0 Å². The zero-order valence-corrected chi connectivity index (χ0v) is 13.7. The third kappa shape index (κ3) is 6.04. The second-order valence-electron chi connectivity index (χ2n) is 6.98. The van der Waals surface area contributed by atoms with E-state index in [1.807, 2.05) is 12.1 Å². The van der Waals surface area contributed by atoms with Crippen LogP contribution in [0.4, 0.5) is 4.39 Å². The Labute approximate surface area is 124 Å². The fourth-order valence-electron chi connectivity index (χ4n) is 2.65. The summed E-state index contributed by atoms with van der Waals surface area (Å²) < 4.78 is 14.1. The highest BCUT2D eigenvalue weighted by Crippen LogP contribution is 2.28. The highest BCUT2D eigenvalue weighted by molar-refractivity contribution is 5.22. The second kappa shape index (κ2) is 7.78. The van der Waals surface area contributed by atoms with Gasteiger partial charge in [0.05, 0.1) is 0 Å². The van der Waals surface area contributed by atoms with E-state index in [-0.39, 0.29) is 17.3 Å². The molecule has 1 N–H and O–H groups in total. The predicted molar refractivity (Wildman–Crippen MR) is 85.6 cm³/mol. The van der Waals surface area contributed by atoms with E-state index >= 15 is 0 Å². The summed E-state index contributed by atoms with van der Waals surface area (Å²) in [6.07, 6.45) is 3.44. The van der Waals surface area contributed by atoms with Crippen molar-refractivity contribution in [2.45, 2.75) is 65.3 Å². The number of rotatable bonds is 7. The zero-order chi connectivity index (χ0) is 15.2. The van der Waals surface area contributed by atoms with Gasteiger partial charge < -0.3 is 5.32 Å².